The largest absolute Gasteiger partial charge is 0.507 e. The van der Waals surface area contributed by atoms with Crippen LogP contribution in [0.15, 0.2) is 12.1 Å². The van der Waals surface area contributed by atoms with Gasteiger partial charge in [0.2, 0.25) is 0 Å². The molecule has 1 fully saturated rings. The number of halogens is 1. The Balaban J connectivity index is 2.40. The molecule has 1 saturated heterocycles. The zero-order valence-corrected chi connectivity index (χ0v) is 9.81. The van der Waals surface area contributed by atoms with Crippen molar-refractivity contribution >= 4 is 17.6 Å². The summed E-state index contributed by atoms with van der Waals surface area (Å²) in [7, 11) is 0. The van der Waals surface area contributed by atoms with Crippen molar-refractivity contribution in [3.05, 3.63) is 22.7 Å². The number of nitrogens with zero attached hydrogens (tertiary/aromatic N) is 1. The van der Waals surface area contributed by atoms with E-state index in [2.05, 4.69) is 0 Å². The third-order valence-corrected chi connectivity index (χ3v) is 3.29. The highest BCUT2D eigenvalue weighted by Crippen LogP contribution is 2.40. The Kier molecular flexibility index (Phi) is 3.02. The fourth-order valence-corrected chi connectivity index (χ4v) is 2.36. The Morgan fingerprint density at radius 3 is 2.76 bits per heavy atom. The summed E-state index contributed by atoms with van der Waals surface area (Å²) >= 11 is 5.80. The lowest BCUT2D eigenvalue weighted by Crippen LogP contribution is -2.35. The minimum absolute atomic E-state index is 0.0787. The summed E-state index contributed by atoms with van der Waals surface area (Å²) in [4.78, 5) is 12.7. The van der Waals surface area contributed by atoms with Gasteiger partial charge in [0, 0.05) is 18.2 Å². The van der Waals surface area contributed by atoms with Gasteiger partial charge in [0.25, 0.3) is 0 Å². The van der Waals surface area contributed by atoms with Crippen LogP contribution in [-0.2, 0) is 0 Å². The molecule has 1 heterocycles. The Bertz CT molecular complexity index is 464. The number of primary amides is 1. The van der Waals surface area contributed by atoms with Gasteiger partial charge in [-0.3, -0.25) is 0 Å². The van der Waals surface area contributed by atoms with Gasteiger partial charge in [-0.25, -0.2) is 4.79 Å². The molecule has 6 heteroatoms. The third kappa shape index (κ3) is 2.10. The molecule has 0 radical (unpaired) electrons. The number of benzene rings is 1. The van der Waals surface area contributed by atoms with Gasteiger partial charge in [-0.15, -0.1) is 0 Å². The van der Waals surface area contributed by atoms with E-state index in [0.29, 0.717) is 12.1 Å². The van der Waals surface area contributed by atoms with Gasteiger partial charge in [0.15, 0.2) is 0 Å². The monoisotopic (exact) mass is 256 g/mol. The number of hydrogen-bond donors (Lipinski definition) is 3. The van der Waals surface area contributed by atoms with Gasteiger partial charge < -0.3 is 20.8 Å². The van der Waals surface area contributed by atoms with Crippen molar-refractivity contribution in [3.8, 4) is 11.5 Å². The van der Waals surface area contributed by atoms with Crippen molar-refractivity contribution in [2.45, 2.75) is 18.9 Å². The summed E-state index contributed by atoms with van der Waals surface area (Å²) in [5.74, 6) is -0.262. The van der Waals surface area contributed by atoms with Gasteiger partial charge in [-0.2, -0.15) is 0 Å². The normalized spacial score (nSPS) is 19.6. The molecule has 1 unspecified atom stereocenters. The number of carbonyl (C=O) groups excluding carboxylic acids is 1. The van der Waals surface area contributed by atoms with E-state index in [9.17, 15) is 15.0 Å². The van der Waals surface area contributed by atoms with E-state index in [4.69, 9.17) is 17.3 Å². The molecule has 1 aromatic carbocycles. The molecule has 2 amide bonds. The molecule has 0 aliphatic carbocycles. The lowest BCUT2D eigenvalue weighted by Gasteiger charge is -2.23. The van der Waals surface area contributed by atoms with Gasteiger partial charge in [-0.05, 0) is 18.9 Å². The standard InChI is InChI=1S/C11H13ClN2O3/c12-7-4-6(9(15)5-10(7)16)8-2-1-3-14(8)11(13)17/h4-5,8,15-16H,1-3H2,(H2,13,17). The van der Waals surface area contributed by atoms with Gasteiger partial charge >= 0.3 is 6.03 Å². The van der Waals surface area contributed by atoms with E-state index in [0.717, 1.165) is 12.8 Å². The highest BCUT2D eigenvalue weighted by atomic mass is 35.5. The summed E-state index contributed by atoms with van der Waals surface area (Å²) in [6.45, 7) is 0.567. The number of rotatable bonds is 1. The predicted molar refractivity (Wildman–Crippen MR) is 63.0 cm³/mol. The Morgan fingerprint density at radius 2 is 2.12 bits per heavy atom. The van der Waals surface area contributed by atoms with Crippen molar-refractivity contribution in [3.63, 3.8) is 0 Å². The van der Waals surface area contributed by atoms with E-state index in [1.807, 2.05) is 0 Å². The molecule has 1 atom stereocenters. The van der Waals surface area contributed by atoms with Crippen molar-refractivity contribution < 1.29 is 15.0 Å². The van der Waals surface area contributed by atoms with E-state index in [-0.39, 0.29) is 22.6 Å². The van der Waals surface area contributed by atoms with Crippen LogP contribution in [0.5, 0.6) is 11.5 Å². The molecule has 0 saturated carbocycles. The fourth-order valence-electron chi connectivity index (χ4n) is 2.19. The number of aromatic hydroxyl groups is 2. The minimum Gasteiger partial charge on any atom is -0.507 e. The van der Waals surface area contributed by atoms with Gasteiger partial charge in [0.1, 0.15) is 11.5 Å². The third-order valence-electron chi connectivity index (χ3n) is 2.99. The first kappa shape index (κ1) is 11.9. The Hall–Kier alpha value is -1.62. The first-order valence-electron chi connectivity index (χ1n) is 5.28. The molecule has 5 nitrogen and oxygen atoms in total. The average molecular weight is 257 g/mol. The molecule has 2 rings (SSSR count). The number of urea groups is 1. The Morgan fingerprint density at radius 1 is 1.41 bits per heavy atom. The summed E-state index contributed by atoms with van der Waals surface area (Å²) in [6.07, 6.45) is 1.54. The maximum Gasteiger partial charge on any atom is 0.315 e. The number of phenolic OH excluding ortho intramolecular Hbond substituents is 2. The molecule has 0 spiro atoms. The maximum atomic E-state index is 11.2. The number of hydrogen-bond acceptors (Lipinski definition) is 3. The van der Waals surface area contributed by atoms with E-state index < -0.39 is 6.03 Å². The van der Waals surface area contributed by atoms with Crippen LogP contribution in [0.2, 0.25) is 5.02 Å². The predicted octanol–water partition coefficient (Wildman–Crippen LogP) is 1.97. The van der Waals surface area contributed by atoms with Crippen LogP contribution in [-0.4, -0.2) is 27.7 Å². The highest BCUT2D eigenvalue weighted by molar-refractivity contribution is 6.32. The molecular formula is C11H13ClN2O3. The summed E-state index contributed by atoms with van der Waals surface area (Å²) < 4.78 is 0. The quantitative estimate of drug-likeness (QED) is 0.718. The smallest absolute Gasteiger partial charge is 0.315 e. The molecule has 1 aliphatic rings. The summed E-state index contributed by atoms with van der Waals surface area (Å²) in [5.41, 5.74) is 5.78. The highest BCUT2D eigenvalue weighted by Gasteiger charge is 2.30. The second-order valence-electron chi connectivity index (χ2n) is 4.05. The van der Waals surface area contributed by atoms with Crippen LogP contribution >= 0.6 is 11.6 Å². The van der Waals surface area contributed by atoms with E-state index >= 15 is 0 Å². The molecule has 0 bridgehead atoms. The van der Waals surface area contributed by atoms with Crippen molar-refractivity contribution in [1.82, 2.24) is 4.90 Å². The second-order valence-corrected chi connectivity index (χ2v) is 4.46. The van der Waals surface area contributed by atoms with Crippen molar-refractivity contribution in [2.24, 2.45) is 5.73 Å². The number of likely N-dealkylation sites (tertiary alicyclic amines) is 1. The molecule has 17 heavy (non-hydrogen) atoms. The lowest BCUT2D eigenvalue weighted by molar-refractivity contribution is 0.202. The van der Waals surface area contributed by atoms with Crippen LogP contribution in [0.25, 0.3) is 0 Å². The second kappa shape index (κ2) is 4.33. The van der Waals surface area contributed by atoms with Crippen LogP contribution in [0.3, 0.4) is 0 Å². The molecular weight excluding hydrogens is 244 g/mol. The maximum absolute atomic E-state index is 11.2. The van der Waals surface area contributed by atoms with Gasteiger partial charge in [-0.1, -0.05) is 11.6 Å². The summed E-state index contributed by atoms with van der Waals surface area (Å²) in [6, 6.07) is 1.86. The zero-order valence-electron chi connectivity index (χ0n) is 9.06. The Labute approximate surface area is 103 Å². The van der Waals surface area contributed by atoms with Crippen LogP contribution in [0.4, 0.5) is 4.79 Å². The zero-order chi connectivity index (χ0) is 12.6. The van der Waals surface area contributed by atoms with Crippen molar-refractivity contribution in [2.75, 3.05) is 6.54 Å². The molecule has 1 aromatic rings. The van der Waals surface area contributed by atoms with Crippen molar-refractivity contribution in [1.29, 1.82) is 0 Å². The topological polar surface area (TPSA) is 86.8 Å². The molecule has 0 aromatic heterocycles. The molecule has 1 aliphatic heterocycles. The number of amides is 2. The van der Waals surface area contributed by atoms with E-state index in [1.165, 1.54) is 17.0 Å². The number of phenols is 2. The molecule has 92 valence electrons. The SMILES string of the molecule is NC(=O)N1CCCC1c1cc(Cl)c(O)cc1O. The lowest BCUT2D eigenvalue weighted by atomic mass is 10.0. The van der Waals surface area contributed by atoms with Gasteiger partial charge in [0.05, 0.1) is 11.1 Å². The fraction of sp³-hybridized carbons (Fsp3) is 0.364. The minimum atomic E-state index is -0.518. The summed E-state index contributed by atoms with van der Waals surface area (Å²) in [5, 5.41) is 19.3. The number of carbonyl (C=O) groups is 1. The first-order valence-corrected chi connectivity index (χ1v) is 5.66. The van der Waals surface area contributed by atoms with Crippen LogP contribution in [0, 0.1) is 0 Å². The first-order chi connectivity index (χ1) is 8.00. The average Bonchev–Trinajstić information content (AvgIpc) is 2.72. The van der Waals surface area contributed by atoms with Crippen LogP contribution < -0.4 is 5.73 Å². The van der Waals surface area contributed by atoms with E-state index in [1.54, 1.807) is 0 Å². The number of nitrogens with two attached hydrogens (primary N) is 1. The molecule has 4 N–H and O–H groups in total. The van der Waals surface area contributed by atoms with Crippen LogP contribution in [0.1, 0.15) is 24.4 Å².